The molecule has 0 aromatic heterocycles. The molecule has 1 amide bonds. The second kappa shape index (κ2) is 13.4. The lowest BCUT2D eigenvalue weighted by Crippen LogP contribution is -2.31. The molecule has 0 saturated heterocycles. The Kier molecular flexibility index (Phi) is 11.3. The Morgan fingerprint density at radius 1 is 1.08 bits per heavy atom. The molecule has 0 bridgehead atoms. The van der Waals surface area contributed by atoms with E-state index in [-0.39, 0.29) is 5.91 Å². The first kappa shape index (κ1) is 21.1. The Bertz CT molecular complexity index is 590. The maximum absolute atomic E-state index is 10.6. The summed E-state index contributed by atoms with van der Waals surface area (Å²) in [5, 5.41) is 11.6. The van der Waals surface area contributed by atoms with Gasteiger partial charge in [-0.1, -0.05) is 0 Å². The van der Waals surface area contributed by atoms with Crippen molar-refractivity contribution in [3.8, 4) is 0 Å². The molecule has 0 unspecified atom stereocenters. The fourth-order valence-corrected chi connectivity index (χ4v) is 2.03. The van der Waals surface area contributed by atoms with Gasteiger partial charge in [-0.15, -0.1) is 0 Å². The van der Waals surface area contributed by atoms with Crippen molar-refractivity contribution in [2.75, 3.05) is 44.8 Å². The fourth-order valence-electron chi connectivity index (χ4n) is 1.71. The third-order valence-corrected chi connectivity index (χ3v) is 3.16. The number of ether oxygens (including phenoxy) is 2. The number of amides is 1. The summed E-state index contributed by atoms with van der Waals surface area (Å²) in [4.78, 5) is 14.5. The second-order valence-corrected chi connectivity index (χ2v) is 5.43. The van der Waals surface area contributed by atoms with E-state index in [1.165, 1.54) is 6.92 Å². The maximum Gasteiger partial charge on any atom is 0.216 e. The van der Waals surface area contributed by atoms with Gasteiger partial charge in [0.05, 0.1) is 37.3 Å². The van der Waals surface area contributed by atoms with E-state index in [4.69, 9.17) is 21.7 Å². The number of nitrogens with zero attached hydrogens (tertiary/aromatic N) is 1. The van der Waals surface area contributed by atoms with Crippen LogP contribution in [-0.2, 0) is 14.3 Å². The summed E-state index contributed by atoms with van der Waals surface area (Å²) in [6, 6.07) is 7.35. The Morgan fingerprint density at radius 3 is 2.24 bits per heavy atom. The van der Waals surface area contributed by atoms with Crippen molar-refractivity contribution >= 4 is 52.0 Å². The Hall–Kier alpha value is -1.90. The highest BCUT2D eigenvalue weighted by molar-refractivity contribution is 7.80. The average Bonchev–Trinajstić information content (AvgIpc) is 2.58. The molecule has 0 heterocycles. The minimum atomic E-state index is -0.0603. The van der Waals surface area contributed by atoms with Crippen LogP contribution in [0.2, 0.25) is 0 Å². The van der Waals surface area contributed by atoms with E-state index in [0.29, 0.717) is 44.6 Å². The number of anilines is 1. The van der Waals surface area contributed by atoms with Gasteiger partial charge in [0.25, 0.3) is 0 Å². The summed E-state index contributed by atoms with van der Waals surface area (Å²) in [7, 11) is 0. The normalized spacial score (nSPS) is 9.80. The van der Waals surface area contributed by atoms with Crippen molar-refractivity contribution in [1.29, 1.82) is 0 Å². The monoisotopic (exact) mass is 382 g/mol. The van der Waals surface area contributed by atoms with Gasteiger partial charge in [0.2, 0.25) is 5.91 Å². The minimum Gasteiger partial charge on any atom is -0.377 e. The number of nitrogens with one attached hydrogen (secondary N) is 3. The van der Waals surface area contributed by atoms with Crippen LogP contribution in [0.25, 0.3) is 0 Å². The number of aliphatic imine (C=N–C) groups is 1. The van der Waals surface area contributed by atoms with Crippen molar-refractivity contribution in [2.45, 2.75) is 6.92 Å². The molecule has 0 spiro atoms. The lowest BCUT2D eigenvalue weighted by molar-refractivity contribution is -0.119. The number of hydrogen-bond acceptors (Lipinski definition) is 6. The molecule has 0 aliphatic heterocycles. The minimum absolute atomic E-state index is 0.0603. The van der Waals surface area contributed by atoms with Gasteiger partial charge >= 0.3 is 0 Å². The van der Waals surface area contributed by atoms with E-state index in [2.05, 4.69) is 38.3 Å². The third-order valence-electron chi connectivity index (χ3n) is 2.82. The molecule has 25 heavy (non-hydrogen) atoms. The van der Waals surface area contributed by atoms with E-state index in [9.17, 15) is 4.79 Å². The standard InChI is InChI=1S/C16H22N4O3S2/c1-13(21)17-6-8-22-10-11-23-9-7-18-16(25)20-15-4-2-14(3-5-15)19-12-24/h2-5H,6-11H2,1H3,(H,17,21)(H2,18,20,25). The van der Waals surface area contributed by atoms with Crippen LogP contribution < -0.4 is 16.0 Å². The first-order chi connectivity index (χ1) is 12.1. The summed E-state index contributed by atoms with van der Waals surface area (Å²) in [5.74, 6) is -0.0603. The first-order valence-corrected chi connectivity index (χ1v) is 8.56. The molecule has 9 heteroatoms. The number of carbonyl (C=O) groups excluding carboxylic acids is 1. The van der Waals surface area contributed by atoms with Crippen LogP contribution in [-0.4, -0.2) is 55.7 Å². The van der Waals surface area contributed by atoms with Crippen molar-refractivity contribution < 1.29 is 14.3 Å². The van der Waals surface area contributed by atoms with Gasteiger partial charge in [0, 0.05) is 25.7 Å². The van der Waals surface area contributed by atoms with Gasteiger partial charge in [0.1, 0.15) is 0 Å². The van der Waals surface area contributed by atoms with Crippen LogP contribution >= 0.6 is 24.4 Å². The zero-order valence-corrected chi connectivity index (χ0v) is 15.7. The quantitative estimate of drug-likeness (QED) is 0.306. The topological polar surface area (TPSA) is 84.0 Å². The molecule has 7 nitrogen and oxygen atoms in total. The van der Waals surface area contributed by atoms with Crippen LogP contribution in [0, 0.1) is 0 Å². The fraction of sp³-hybridized carbons (Fsp3) is 0.438. The summed E-state index contributed by atoms with van der Waals surface area (Å²) >= 11 is 9.75. The molecule has 3 N–H and O–H groups in total. The SMILES string of the molecule is CC(=O)NCCOCCOCCNC(=S)Nc1ccc(N=C=S)cc1. The Morgan fingerprint density at radius 2 is 1.68 bits per heavy atom. The van der Waals surface area contributed by atoms with Crippen molar-refractivity contribution in [2.24, 2.45) is 4.99 Å². The van der Waals surface area contributed by atoms with Crippen LogP contribution in [0.15, 0.2) is 29.3 Å². The van der Waals surface area contributed by atoms with Gasteiger partial charge < -0.3 is 25.4 Å². The number of benzene rings is 1. The first-order valence-electron chi connectivity index (χ1n) is 7.74. The number of isothiocyanates is 1. The van der Waals surface area contributed by atoms with E-state index in [1.54, 1.807) is 0 Å². The van der Waals surface area contributed by atoms with Crippen LogP contribution in [0.5, 0.6) is 0 Å². The molecule has 1 rings (SSSR count). The summed E-state index contributed by atoms with van der Waals surface area (Å²) in [5.41, 5.74) is 1.60. The van der Waals surface area contributed by atoms with Crippen LogP contribution in [0.1, 0.15) is 6.92 Å². The molecule has 136 valence electrons. The Balaban J connectivity index is 2.01. The molecule has 0 radical (unpaired) electrons. The molecule has 0 saturated carbocycles. The highest BCUT2D eigenvalue weighted by Crippen LogP contribution is 2.15. The van der Waals surface area contributed by atoms with Crippen LogP contribution in [0.3, 0.4) is 0 Å². The number of thiocarbonyl (C=S) groups is 2. The van der Waals surface area contributed by atoms with Crippen LogP contribution in [0.4, 0.5) is 11.4 Å². The van der Waals surface area contributed by atoms with E-state index in [0.717, 1.165) is 11.4 Å². The van der Waals surface area contributed by atoms with Crippen molar-refractivity contribution in [1.82, 2.24) is 10.6 Å². The molecule has 0 aliphatic carbocycles. The van der Waals surface area contributed by atoms with Crippen molar-refractivity contribution in [3.05, 3.63) is 24.3 Å². The third kappa shape index (κ3) is 11.3. The number of hydrogen-bond donors (Lipinski definition) is 3. The predicted octanol–water partition coefficient (Wildman–Crippen LogP) is 1.88. The lowest BCUT2D eigenvalue weighted by Gasteiger charge is -2.11. The number of carbonyl (C=O) groups is 1. The van der Waals surface area contributed by atoms with E-state index < -0.39 is 0 Å². The Labute approximate surface area is 158 Å². The van der Waals surface area contributed by atoms with Gasteiger partial charge in [-0.3, -0.25) is 4.79 Å². The molecule has 0 aliphatic rings. The highest BCUT2D eigenvalue weighted by Gasteiger charge is 1.98. The number of rotatable bonds is 11. The second-order valence-electron chi connectivity index (χ2n) is 4.84. The smallest absolute Gasteiger partial charge is 0.216 e. The van der Waals surface area contributed by atoms with E-state index in [1.807, 2.05) is 24.3 Å². The van der Waals surface area contributed by atoms with Gasteiger partial charge in [-0.05, 0) is 48.7 Å². The zero-order chi connectivity index (χ0) is 18.3. The molecule has 0 fully saturated rings. The van der Waals surface area contributed by atoms with Gasteiger partial charge in [-0.2, -0.15) is 4.99 Å². The zero-order valence-electron chi connectivity index (χ0n) is 14.0. The predicted molar refractivity (Wildman–Crippen MR) is 106 cm³/mol. The van der Waals surface area contributed by atoms with Gasteiger partial charge in [-0.25, -0.2) is 0 Å². The lowest BCUT2D eigenvalue weighted by atomic mass is 10.3. The summed E-state index contributed by atoms with van der Waals surface area (Å²) in [6.45, 7) is 4.53. The highest BCUT2D eigenvalue weighted by atomic mass is 32.1. The molecule has 0 atom stereocenters. The average molecular weight is 383 g/mol. The maximum atomic E-state index is 10.6. The molecular weight excluding hydrogens is 360 g/mol. The summed E-state index contributed by atoms with van der Waals surface area (Å²) < 4.78 is 10.7. The van der Waals surface area contributed by atoms with E-state index >= 15 is 0 Å². The molecular formula is C16H22N4O3S2. The molecule has 1 aromatic carbocycles. The van der Waals surface area contributed by atoms with Crippen molar-refractivity contribution in [3.63, 3.8) is 0 Å². The van der Waals surface area contributed by atoms with Gasteiger partial charge in [0.15, 0.2) is 5.11 Å². The largest absolute Gasteiger partial charge is 0.377 e. The summed E-state index contributed by atoms with van der Waals surface area (Å²) in [6.07, 6.45) is 0. The molecule has 1 aromatic rings.